The second-order valence-corrected chi connectivity index (χ2v) is 9.08. The minimum Gasteiger partial charge on any atom is -0.483 e. The van der Waals surface area contributed by atoms with Gasteiger partial charge >= 0.3 is 5.97 Å². The van der Waals surface area contributed by atoms with Crippen LogP contribution in [-0.4, -0.2) is 31.0 Å². The van der Waals surface area contributed by atoms with E-state index in [4.69, 9.17) is 9.47 Å². The maximum Gasteiger partial charge on any atom is 0.341 e. The maximum atomic E-state index is 13.1. The Kier molecular flexibility index (Phi) is 7.65. The number of ether oxygens (including phenoxy) is 2. The van der Waals surface area contributed by atoms with E-state index in [1.807, 2.05) is 61.5 Å². The lowest BCUT2D eigenvalue weighted by atomic mass is 10.1. The molecule has 8 heteroatoms. The van der Waals surface area contributed by atoms with Crippen LogP contribution in [0, 0.1) is 13.8 Å². The number of thiophene rings is 1. The number of carbonyl (C=O) groups excluding carboxylic acids is 3. The number of rotatable bonds is 8. The van der Waals surface area contributed by atoms with E-state index in [0.29, 0.717) is 21.9 Å². The first-order valence-electron chi connectivity index (χ1n) is 11.5. The highest BCUT2D eigenvalue weighted by molar-refractivity contribution is 7.19. The molecule has 2 amide bonds. The molecule has 0 saturated heterocycles. The predicted molar refractivity (Wildman–Crippen MR) is 142 cm³/mol. The van der Waals surface area contributed by atoms with Crippen molar-refractivity contribution in [1.82, 2.24) is 0 Å². The van der Waals surface area contributed by atoms with E-state index in [1.165, 1.54) is 0 Å². The van der Waals surface area contributed by atoms with Gasteiger partial charge in [-0.2, -0.15) is 0 Å². The molecule has 0 aliphatic carbocycles. The van der Waals surface area contributed by atoms with E-state index in [9.17, 15) is 14.4 Å². The van der Waals surface area contributed by atoms with Crippen LogP contribution in [0.5, 0.6) is 5.75 Å². The highest BCUT2D eigenvalue weighted by Crippen LogP contribution is 2.34. The van der Waals surface area contributed by atoms with Crippen molar-refractivity contribution in [1.29, 1.82) is 0 Å². The Labute approximate surface area is 213 Å². The summed E-state index contributed by atoms with van der Waals surface area (Å²) in [5.74, 6) is -0.855. The summed E-state index contributed by atoms with van der Waals surface area (Å²) >= 11 is 1.03. The minimum absolute atomic E-state index is 0.162. The highest BCUT2D eigenvalue weighted by atomic mass is 32.1. The first-order chi connectivity index (χ1) is 17.4. The number of nitrogens with one attached hydrogen (secondary N) is 2. The molecule has 0 bridgehead atoms. The van der Waals surface area contributed by atoms with Gasteiger partial charge in [0.1, 0.15) is 10.8 Å². The Morgan fingerprint density at radius 2 is 1.61 bits per heavy atom. The van der Waals surface area contributed by atoms with Gasteiger partial charge in [-0.3, -0.25) is 9.59 Å². The van der Waals surface area contributed by atoms with E-state index < -0.39 is 11.9 Å². The number of benzene rings is 3. The lowest BCUT2D eigenvalue weighted by Crippen LogP contribution is -2.21. The average molecular weight is 503 g/mol. The summed E-state index contributed by atoms with van der Waals surface area (Å²) in [6.07, 6.45) is 0. The van der Waals surface area contributed by atoms with Crippen LogP contribution in [-0.2, 0) is 9.53 Å². The van der Waals surface area contributed by atoms with Gasteiger partial charge in [-0.25, -0.2) is 4.79 Å². The summed E-state index contributed by atoms with van der Waals surface area (Å²) in [5.41, 5.74) is 2.18. The Bertz CT molecular complexity index is 1440. The van der Waals surface area contributed by atoms with Gasteiger partial charge in [0.2, 0.25) is 0 Å². The normalized spacial score (nSPS) is 10.6. The molecule has 1 heterocycles. The summed E-state index contributed by atoms with van der Waals surface area (Å²) in [7, 11) is 0. The standard InChI is InChI=1S/C28H26N2O5S/c1-4-34-28(33)24-18(3)25(26(32)29-21-14-8-5-10-17(21)2)36-27(24)30-23(31)16-35-22-15-9-12-19-11-6-7-13-20(19)22/h5-15H,4,16H2,1-3H3,(H,29,32)(H,30,31). The minimum atomic E-state index is -0.605. The van der Waals surface area contributed by atoms with Crippen molar-refractivity contribution < 1.29 is 23.9 Å². The lowest BCUT2D eigenvalue weighted by Gasteiger charge is -2.10. The third-order valence-corrected chi connectivity index (χ3v) is 6.79. The number of anilines is 2. The van der Waals surface area contributed by atoms with Crippen LogP contribution in [0.3, 0.4) is 0 Å². The number of esters is 1. The lowest BCUT2D eigenvalue weighted by molar-refractivity contribution is -0.118. The van der Waals surface area contributed by atoms with Crippen molar-refractivity contribution >= 4 is 50.6 Å². The number of aryl methyl sites for hydroxylation is 1. The molecule has 3 aromatic carbocycles. The van der Waals surface area contributed by atoms with E-state index in [-0.39, 0.29) is 29.7 Å². The van der Waals surface area contributed by atoms with Gasteiger partial charge in [0.25, 0.3) is 11.8 Å². The second-order valence-electron chi connectivity index (χ2n) is 8.06. The van der Waals surface area contributed by atoms with Gasteiger partial charge in [-0.15, -0.1) is 11.3 Å². The van der Waals surface area contributed by atoms with Crippen molar-refractivity contribution in [2.75, 3.05) is 23.8 Å². The van der Waals surface area contributed by atoms with Crippen molar-refractivity contribution in [3.63, 3.8) is 0 Å². The summed E-state index contributed by atoms with van der Waals surface area (Å²) in [6, 6.07) is 20.7. The summed E-state index contributed by atoms with van der Waals surface area (Å²) < 4.78 is 11.0. The van der Waals surface area contributed by atoms with Crippen LogP contribution in [0.25, 0.3) is 10.8 Å². The molecular formula is C28H26N2O5S. The molecule has 0 spiro atoms. The van der Waals surface area contributed by atoms with Gasteiger partial charge in [-0.05, 0) is 49.4 Å². The molecule has 0 radical (unpaired) electrons. The molecule has 0 atom stereocenters. The van der Waals surface area contributed by atoms with Crippen molar-refractivity contribution in [3.05, 3.63) is 88.3 Å². The Morgan fingerprint density at radius 3 is 2.39 bits per heavy atom. The zero-order valence-corrected chi connectivity index (χ0v) is 21.0. The molecule has 1 aromatic heterocycles. The SMILES string of the molecule is CCOC(=O)c1c(NC(=O)COc2cccc3ccccc23)sc(C(=O)Nc2ccccc2C)c1C. The molecular weight excluding hydrogens is 476 g/mol. The monoisotopic (exact) mass is 502 g/mol. The molecule has 2 N–H and O–H groups in total. The van der Waals surface area contributed by atoms with Crippen LogP contribution in [0.15, 0.2) is 66.7 Å². The topological polar surface area (TPSA) is 93.7 Å². The highest BCUT2D eigenvalue weighted by Gasteiger charge is 2.27. The number of carbonyl (C=O) groups is 3. The smallest absolute Gasteiger partial charge is 0.341 e. The van der Waals surface area contributed by atoms with E-state index in [1.54, 1.807) is 26.0 Å². The third kappa shape index (κ3) is 5.39. The Morgan fingerprint density at radius 1 is 0.889 bits per heavy atom. The second kappa shape index (κ2) is 11.0. The molecule has 0 aliphatic rings. The van der Waals surface area contributed by atoms with Gasteiger partial charge in [-0.1, -0.05) is 54.6 Å². The summed E-state index contributed by atoms with van der Waals surface area (Å²) in [4.78, 5) is 38.9. The molecule has 4 rings (SSSR count). The largest absolute Gasteiger partial charge is 0.483 e. The Balaban J connectivity index is 1.55. The number of amides is 2. The average Bonchev–Trinajstić information content (AvgIpc) is 3.19. The molecule has 36 heavy (non-hydrogen) atoms. The number of para-hydroxylation sites is 1. The third-order valence-electron chi connectivity index (χ3n) is 5.59. The van der Waals surface area contributed by atoms with Crippen LogP contribution in [0.4, 0.5) is 10.7 Å². The molecule has 0 aliphatic heterocycles. The molecule has 184 valence electrons. The predicted octanol–water partition coefficient (Wildman–Crippen LogP) is 5.96. The van der Waals surface area contributed by atoms with Crippen molar-refractivity contribution in [3.8, 4) is 5.75 Å². The van der Waals surface area contributed by atoms with Crippen LogP contribution in [0.1, 0.15) is 38.1 Å². The first-order valence-corrected chi connectivity index (χ1v) is 12.3. The van der Waals surface area contributed by atoms with Crippen LogP contribution in [0.2, 0.25) is 0 Å². The molecule has 0 fully saturated rings. The maximum absolute atomic E-state index is 13.1. The van der Waals surface area contributed by atoms with E-state index in [0.717, 1.165) is 27.7 Å². The van der Waals surface area contributed by atoms with Gasteiger partial charge in [0.15, 0.2) is 6.61 Å². The molecule has 0 unspecified atom stereocenters. The first kappa shape index (κ1) is 24.9. The van der Waals surface area contributed by atoms with E-state index in [2.05, 4.69) is 10.6 Å². The van der Waals surface area contributed by atoms with Crippen LogP contribution < -0.4 is 15.4 Å². The van der Waals surface area contributed by atoms with Gasteiger partial charge in [0, 0.05) is 11.1 Å². The summed E-state index contributed by atoms with van der Waals surface area (Å²) in [6.45, 7) is 5.15. The zero-order valence-electron chi connectivity index (χ0n) is 20.2. The molecule has 0 saturated carbocycles. The Hall–Kier alpha value is -4.17. The number of fused-ring (bicyclic) bond motifs is 1. The number of hydrogen-bond acceptors (Lipinski definition) is 6. The zero-order chi connectivity index (χ0) is 25.7. The fourth-order valence-electron chi connectivity index (χ4n) is 3.79. The quantitative estimate of drug-likeness (QED) is 0.290. The van der Waals surface area contributed by atoms with E-state index >= 15 is 0 Å². The summed E-state index contributed by atoms with van der Waals surface area (Å²) in [5, 5.41) is 7.74. The fraction of sp³-hybridized carbons (Fsp3) is 0.179. The van der Waals surface area contributed by atoms with Crippen molar-refractivity contribution in [2.24, 2.45) is 0 Å². The molecule has 4 aromatic rings. The van der Waals surface area contributed by atoms with Gasteiger partial charge in [0.05, 0.1) is 17.0 Å². The molecule has 7 nitrogen and oxygen atoms in total. The van der Waals surface area contributed by atoms with Gasteiger partial charge < -0.3 is 20.1 Å². The fourth-order valence-corrected chi connectivity index (χ4v) is 4.89. The number of hydrogen-bond donors (Lipinski definition) is 2. The van der Waals surface area contributed by atoms with Crippen LogP contribution >= 0.6 is 11.3 Å². The van der Waals surface area contributed by atoms with Crippen molar-refractivity contribution in [2.45, 2.75) is 20.8 Å².